The van der Waals surface area contributed by atoms with Gasteiger partial charge < -0.3 is 15.2 Å². The first-order valence-electron chi connectivity index (χ1n) is 13.0. The van der Waals surface area contributed by atoms with Crippen molar-refractivity contribution in [2.75, 3.05) is 17.3 Å². The van der Waals surface area contributed by atoms with Gasteiger partial charge in [0.2, 0.25) is 0 Å². The Labute approximate surface area is 230 Å². The van der Waals surface area contributed by atoms with Gasteiger partial charge in [0.15, 0.2) is 5.78 Å². The molecule has 40 heavy (non-hydrogen) atoms. The van der Waals surface area contributed by atoms with Crippen LogP contribution in [0.4, 0.5) is 15.8 Å². The van der Waals surface area contributed by atoms with Gasteiger partial charge >= 0.3 is 0 Å². The van der Waals surface area contributed by atoms with Crippen molar-refractivity contribution in [2.45, 2.75) is 32.7 Å². The van der Waals surface area contributed by atoms with Gasteiger partial charge in [0, 0.05) is 34.7 Å². The highest BCUT2D eigenvalue weighted by molar-refractivity contribution is 6.12. The molecule has 8 heteroatoms. The van der Waals surface area contributed by atoms with Crippen LogP contribution in [0.3, 0.4) is 0 Å². The fourth-order valence-corrected chi connectivity index (χ4v) is 5.73. The predicted octanol–water partition coefficient (Wildman–Crippen LogP) is 6.54. The second kappa shape index (κ2) is 9.48. The Kier molecular flexibility index (Phi) is 6.06. The minimum atomic E-state index is -1.12. The molecule has 6 rings (SSSR count). The molecule has 1 atom stereocenters. The summed E-state index contributed by atoms with van der Waals surface area (Å²) in [4.78, 5) is 34.3. The lowest BCUT2D eigenvalue weighted by molar-refractivity contribution is -0.118. The van der Waals surface area contributed by atoms with Crippen LogP contribution in [0.5, 0.6) is 11.5 Å². The highest BCUT2D eigenvalue weighted by Gasteiger charge is 2.45. The van der Waals surface area contributed by atoms with Gasteiger partial charge in [-0.3, -0.25) is 14.5 Å². The second-order valence-corrected chi connectivity index (χ2v) is 11.0. The Morgan fingerprint density at radius 2 is 1.88 bits per heavy atom. The van der Waals surface area contributed by atoms with E-state index in [1.165, 1.54) is 24.1 Å². The number of anilines is 2. The third kappa shape index (κ3) is 4.25. The van der Waals surface area contributed by atoms with Crippen LogP contribution in [0.2, 0.25) is 0 Å². The number of benzene rings is 3. The number of hydrogen-bond donors (Lipinski definition) is 2. The number of amides is 1. The van der Waals surface area contributed by atoms with E-state index in [0.717, 1.165) is 5.39 Å². The van der Waals surface area contributed by atoms with Gasteiger partial charge in [-0.05, 0) is 48.2 Å². The number of phenols is 1. The molecule has 7 nitrogen and oxygen atoms in total. The Morgan fingerprint density at radius 1 is 1.07 bits per heavy atom. The number of hydrogen-bond acceptors (Lipinski definition) is 6. The van der Waals surface area contributed by atoms with Crippen molar-refractivity contribution in [3.05, 3.63) is 101 Å². The van der Waals surface area contributed by atoms with Crippen molar-refractivity contribution in [1.29, 1.82) is 0 Å². The van der Waals surface area contributed by atoms with Crippen LogP contribution in [-0.2, 0) is 4.79 Å². The molecule has 1 aliphatic carbocycles. The lowest BCUT2D eigenvalue weighted by Gasteiger charge is -2.37. The van der Waals surface area contributed by atoms with Crippen LogP contribution in [0.25, 0.3) is 10.9 Å². The molecule has 0 bridgehead atoms. The number of phenolic OH excluding ortho intramolecular Hbond substituents is 1. The number of ketones is 1. The summed E-state index contributed by atoms with van der Waals surface area (Å²) < 4.78 is 21.1. The molecule has 1 aliphatic heterocycles. The number of methoxy groups -OCH3 is 1. The molecule has 202 valence electrons. The Balaban J connectivity index is 1.64. The fraction of sp³-hybridized carbons (Fsp3) is 0.219. The van der Waals surface area contributed by atoms with Gasteiger partial charge in [-0.1, -0.05) is 44.2 Å². The number of halogens is 1. The highest BCUT2D eigenvalue weighted by Crippen LogP contribution is 2.51. The normalized spacial score (nSPS) is 18.1. The maximum absolute atomic E-state index is 15.9. The van der Waals surface area contributed by atoms with E-state index in [-0.39, 0.29) is 45.9 Å². The maximum Gasteiger partial charge on any atom is 0.277 e. The minimum absolute atomic E-state index is 0.0969. The van der Waals surface area contributed by atoms with Crippen LogP contribution in [-0.4, -0.2) is 28.9 Å². The molecule has 0 saturated carbocycles. The molecule has 3 aromatic carbocycles. The molecule has 2 N–H and O–H groups in total. The van der Waals surface area contributed by atoms with Crippen molar-refractivity contribution in [3.8, 4) is 11.5 Å². The summed E-state index contributed by atoms with van der Waals surface area (Å²) in [5, 5.41) is 15.1. The van der Waals surface area contributed by atoms with Crippen LogP contribution in [0.15, 0.2) is 84.1 Å². The van der Waals surface area contributed by atoms with Crippen molar-refractivity contribution >= 4 is 34.0 Å². The van der Waals surface area contributed by atoms with E-state index in [4.69, 9.17) is 4.74 Å². The number of carbonyl (C=O) groups is 2. The third-order valence-corrected chi connectivity index (χ3v) is 7.55. The number of ether oxygens (including phenoxy) is 1. The quantitative estimate of drug-likeness (QED) is 0.288. The summed E-state index contributed by atoms with van der Waals surface area (Å²) in [5.41, 5.74) is 1.91. The zero-order valence-corrected chi connectivity index (χ0v) is 22.4. The number of aromatic hydroxyl groups is 1. The lowest BCUT2D eigenvalue weighted by Crippen LogP contribution is -2.40. The topological polar surface area (TPSA) is 91.8 Å². The molecule has 0 fully saturated rings. The van der Waals surface area contributed by atoms with Crippen LogP contribution >= 0.6 is 0 Å². The largest absolute Gasteiger partial charge is 0.506 e. The predicted molar refractivity (Wildman–Crippen MR) is 151 cm³/mol. The van der Waals surface area contributed by atoms with Crippen molar-refractivity contribution < 1.29 is 23.8 Å². The van der Waals surface area contributed by atoms with E-state index in [1.54, 1.807) is 36.4 Å². The van der Waals surface area contributed by atoms with E-state index >= 15 is 4.39 Å². The molecule has 0 spiro atoms. The number of aromatic nitrogens is 1. The number of rotatable bonds is 3. The zero-order valence-electron chi connectivity index (χ0n) is 22.4. The summed E-state index contributed by atoms with van der Waals surface area (Å²) >= 11 is 0. The minimum Gasteiger partial charge on any atom is -0.506 e. The monoisotopic (exact) mass is 537 g/mol. The van der Waals surface area contributed by atoms with Gasteiger partial charge in [-0.15, -0.1) is 0 Å². The summed E-state index contributed by atoms with van der Waals surface area (Å²) in [6.07, 6.45) is 0.687. The number of carbonyl (C=O) groups excluding carboxylic acids is 2. The molecule has 2 heterocycles. The lowest BCUT2D eigenvalue weighted by atomic mass is 9.73. The Hall–Kier alpha value is -4.72. The molecule has 1 amide bonds. The summed E-state index contributed by atoms with van der Waals surface area (Å²) in [5.74, 6) is -1.14. The smallest absolute Gasteiger partial charge is 0.277 e. The van der Waals surface area contributed by atoms with Gasteiger partial charge in [0.05, 0.1) is 24.4 Å². The Bertz CT molecular complexity index is 1730. The van der Waals surface area contributed by atoms with Crippen molar-refractivity contribution in [1.82, 2.24) is 4.98 Å². The van der Waals surface area contributed by atoms with Gasteiger partial charge in [-0.25, -0.2) is 9.37 Å². The molecule has 1 aromatic heterocycles. The van der Waals surface area contributed by atoms with E-state index in [9.17, 15) is 14.7 Å². The third-order valence-electron chi connectivity index (χ3n) is 7.55. The molecule has 0 radical (unpaired) electrons. The number of para-hydroxylation sites is 2. The van der Waals surface area contributed by atoms with E-state index < -0.39 is 17.8 Å². The first-order chi connectivity index (χ1) is 19.2. The van der Waals surface area contributed by atoms with E-state index in [2.05, 4.69) is 10.3 Å². The first-order valence-corrected chi connectivity index (χ1v) is 13.0. The maximum atomic E-state index is 15.9. The van der Waals surface area contributed by atoms with E-state index in [0.29, 0.717) is 29.1 Å². The highest BCUT2D eigenvalue weighted by atomic mass is 19.1. The number of pyridine rings is 1. The summed E-state index contributed by atoms with van der Waals surface area (Å²) in [6, 6.07) is 18.9. The van der Waals surface area contributed by atoms with Gasteiger partial charge in [0.25, 0.3) is 5.91 Å². The molecule has 4 aromatic rings. The summed E-state index contributed by atoms with van der Waals surface area (Å²) in [7, 11) is 1.44. The number of allylic oxidation sites excluding steroid dienone is 1. The molecular weight excluding hydrogens is 509 g/mol. The summed E-state index contributed by atoms with van der Waals surface area (Å²) in [6.45, 7) is 3.97. The van der Waals surface area contributed by atoms with E-state index in [1.807, 2.05) is 38.1 Å². The molecule has 0 saturated heterocycles. The van der Waals surface area contributed by atoms with Crippen molar-refractivity contribution in [3.63, 3.8) is 0 Å². The molecule has 1 unspecified atom stereocenters. The number of nitrogens with one attached hydrogen (secondary N) is 1. The van der Waals surface area contributed by atoms with Crippen LogP contribution in [0.1, 0.15) is 48.8 Å². The number of fused-ring (bicyclic) bond motifs is 2. The second-order valence-electron chi connectivity index (χ2n) is 11.0. The molecular formula is C32H28FN3O4. The van der Waals surface area contributed by atoms with Crippen molar-refractivity contribution in [2.24, 2.45) is 5.41 Å². The first kappa shape index (κ1) is 25.6. The zero-order chi connectivity index (χ0) is 28.2. The standard InChI is InChI=1S/C32H28FN3O4/c1-32(2)16-24-28(27(38)17-32)30(20-13-12-19(40-3)15-21(20)33)36(25-9-6-10-26(37)29(25)35-24)31(39)23-14-11-18-7-4-5-8-22(18)34-23/h4-15,30,35,37H,16-17H2,1-3H3. The average molecular weight is 538 g/mol. The SMILES string of the molecule is COc1ccc(C2C3=C(CC(C)(C)CC3=O)Nc3c(O)cccc3N2C(=O)c2ccc3ccccc3n2)c(F)c1. The number of Topliss-reactive ketones (excluding diaryl/α,β-unsaturated/α-hetero) is 1. The molecule has 2 aliphatic rings. The van der Waals surface area contributed by atoms with Gasteiger partial charge in [-0.2, -0.15) is 0 Å². The van der Waals surface area contributed by atoms with Crippen LogP contribution in [0, 0.1) is 11.2 Å². The Morgan fingerprint density at radius 3 is 2.65 bits per heavy atom. The number of nitrogens with zero attached hydrogens (tertiary/aromatic N) is 2. The van der Waals surface area contributed by atoms with Crippen LogP contribution < -0.4 is 15.0 Å². The average Bonchev–Trinajstić information content (AvgIpc) is 3.07. The fourth-order valence-electron chi connectivity index (χ4n) is 5.73. The van der Waals surface area contributed by atoms with Gasteiger partial charge in [0.1, 0.15) is 28.7 Å².